The molecule has 0 heterocycles. The third-order valence-electron chi connectivity index (χ3n) is 2.01. The van der Waals surface area contributed by atoms with Crippen LogP contribution in [0.5, 0.6) is 0 Å². The van der Waals surface area contributed by atoms with Crippen LogP contribution in [0.4, 0.5) is 0 Å². The first kappa shape index (κ1) is 12.9. The average Bonchev–Trinajstić information content (AvgIpc) is 2.11. The molecule has 0 aromatic rings. The molecule has 2 atom stereocenters. The number of nitrogens with one attached hydrogen (secondary N) is 1. The lowest BCUT2D eigenvalue weighted by molar-refractivity contribution is -0.143. The van der Waals surface area contributed by atoms with Crippen molar-refractivity contribution in [3.05, 3.63) is 0 Å². The Morgan fingerprint density at radius 1 is 1.43 bits per heavy atom. The summed E-state index contributed by atoms with van der Waals surface area (Å²) in [4.78, 5) is 22.0. The Morgan fingerprint density at radius 3 is 2.21 bits per heavy atom. The highest BCUT2D eigenvalue weighted by Crippen LogP contribution is 2.02. The van der Waals surface area contributed by atoms with Crippen molar-refractivity contribution in [1.82, 2.24) is 5.32 Å². The standard InChI is InChI=1S/C9H18N2O3/c1-4-6(10)8(12)11-7(5(2)3)9(13)14/h5-7H,4,10H2,1-3H3,(H,11,12)(H,13,14)/t6-,7?/m1/s1. The fourth-order valence-electron chi connectivity index (χ4n) is 0.959. The Labute approximate surface area is 83.7 Å². The third kappa shape index (κ3) is 3.74. The molecule has 0 rings (SSSR count). The molecule has 0 radical (unpaired) electrons. The summed E-state index contributed by atoms with van der Waals surface area (Å²) in [5, 5.41) is 11.2. The zero-order valence-electron chi connectivity index (χ0n) is 8.78. The summed E-state index contributed by atoms with van der Waals surface area (Å²) in [6.45, 7) is 5.24. The molecule has 5 heteroatoms. The Balaban J connectivity index is 4.31. The Morgan fingerprint density at radius 2 is 1.93 bits per heavy atom. The lowest BCUT2D eigenvalue weighted by atomic mass is 10.0. The molecule has 0 aromatic heterocycles. The number of carboxylic acids is 1. The fourth-order valence-corrected chi connectivity index (χ4v) is 0.959. The maximum absolute atomic E-state index is 11.3. The van der Waals surface area contributed by atoms with Crippen LogP contribution in [-0.2, 0) is 9.59 Å². The van der Waals surface area contributed by atoms with Crippen molar-refractivity contribution in [3.63, 3.8) is 0 Å². The van der Waals surface area contributed by atoms with Gasteiger partial charge in [0.25, 0.3) is 0 Å². The van der Waals surface area contributed by atoms with Gasteiger partial charge >= 0.3 is 5.97 Å². The van der Waals surface area contributed by atoms with E-state index in [0.29, 0.717) is 6.42 Å². The number of aliphatic carboxylic acids is 1. The van der Waals surface area contributed by atoms with Crippen LogP contribution in [0, 0.1) is 5.92 Å². The summed E-state index contributed by atoms with van der Waals surface area (Å²) < 4.78 is 0. The third-order valence-corrected chi connectivity index (χ3v) is 2.01. The largest absolute Gasteiger partial charge is 0.480 e. The molecule has 0 saturated carbocycles. The molecule has 0 bridgehead atoms. The maximum atomic E-state index is 11.3. The quantitative estimate of drug-likeness (QED) is 0.582. The van der Waals surface area contributed by atoms with E-state index >= 15 is 0 Å². The number of nitrogens with two attached hydrogens (primary N) is 1. The highest BCUT2D eigenvalue weighted by molar-refractivity contribution is 5.86. The molecule has 0 aliphatic heterocycles. The summed E-state index contributed by atoms with van der Waals surface area (Å²) in [5.41, 5.74) is 5.46. The summed E-state index contributed by atoms with van der Waals surface area (Å²) in [7, 11) is 0. The van der Waals surface area contributed by atoms with Crippen LogP contribution in [0.3, 0.4) is 0 Å². The predicted molar refractivity (Wildman–Crippen MR) is 52.7 cm³/mol. The first-order chi connectivity index (χ1) is 6.40. The summed E-state index contributed by atoms with van der Waals surface area (Å²) in [6.07, 6.45) is 0.496. The van der Waals surface area contributed by atoms with Crippen molar-refractivity contribution >= 4 is 11.9 Å². The molecule has 0 aliphatic rings. The van der Waals surface area contributed by atoms with E-state index in [0.717, 1.165) is 0 Å². The number of hydrogen-bond acceptors (Lipinski definition) is 3. The van der Waals surface area contributed by atoms with E-state index in [1.807, 2.05) is 0 Å². The Bertz CT molecular complexity index is 216. The lowest BCUT2D eigenvalue weighted by Crippen LogP contribution is -2.50. The van der Waals surface area contributed by atoms with Crippen molar-refractivity contribution in [2.24, 2.45) is 11.7 Å². The second-order valence-electron chi connectivity index (χ2n) is 3.58. The second kappa shape index (κ2) is 5.59. The van der Waals surface area contributed by atoms with Gasteiger partial charge < -0.3 is 16.2 Å². The average molecular weight is 202 g/mol. The van der Waals surface area contributed by atoms with Gasteiger partial charge in [-0.05, 0) is 12.3 Å². The van der Waals surface area contributed by atoms with E-state index < -0.39 is 24.0 Å². The highest BCUT2D eigenvalue weighted by atomic mass is 16.4. The van der Waals surface area contributed by atoms with Crippen molar-refractivity contribution in [3.8, 4) is 0 Å². The van der Waals surface area contributed by atoms with E-state index in [-0.39, 0.29) is 5.92 Å². The number of carbonyl (C=O) groups excluding carboxylic acids is 1. The van der Waals surface area contributed by atoms with E-state index in [9.17, 15) is 9.59 Å². The van der Waals surface area contributed by atoms with Crippen LogP contribution in [0.2, 0.25) is 0 Å². The van der Waals surface area contributed by atoms with Gasteiger partial charge in [-0.1, -0.05) is 20.8 Å². The minimum absolute atomic E-state index is 0.152. The number of hydrogen-bond donors (Lipinski definition) is 3. The molecule has 14 heavy (non-hydrogen) atoms. The SMILES string of the molecule is CC[C@@H](N)C(=O)NC(C(=O)O)C(C)C. The van der Waals surface area contributed by atoms with E-state index in [2.05, 4.69) is 5.32 Å². The van der Waals surface area contributed by atoms with E-state index in [1.165, 1.54) is 0 Å². The highest BCUT2D eigenvalue weighted by Gasteiger charge is 2.25. The first-order valence-electron chi connectivity index (χ1n) is 4.68. The summed E-state index contributed by atoms with van der Waals surface area (Å²) in [6, 6.07) is -1.49. The molecule has 0 aliphatic carbocycles. The van der Waals surface area contributed by atoms with Crippen LogP contribution >= 0.6 is 0 Å². The van der Waals surface area contributed by atoms with Crippen LogP contribution in [0.1, 0.15) is 27.2 Å². The molecule has 4 N–H and O–H groups in total. The van der Waals surface area contributed by atoms with Gasteiger partial charge in [0.15, 0.2) is 0 Å². The van der Waals surface area contributed by atoms with E-state index in [4.69, 9.17) is 10.8 Å². The van der Waals surface area contributed by atoms with Gasteiger partial charge in [-0.2, -0.15) is 0 Å². The molecule has 1 amide bonds. The van der Waals surface area contributed by atoms with Crippen LogP contribution < -0.4 is 11.1 Å². The van der Waals surface area contributed by atoms with Gasteiger partial charge in [-0.15, -0.1) is 0 Å². The monoisotopic (exact) mass is 202 g/mol. The van der Waals surface area contributed by atoms with Gasteiger partial charge in [-0.25, -0.2) is 4.79 Å². The summed E-state index contributed by atoms with van der Waals surface area (Å²) in [5.74, 6) is -1.59. The smallest absolute Gasteiger partial charge is 0.326 e. The first-order valence-corrected chi connectivity index (χ1v) is 4.68. The molecule has 0 spiro atoms. The van der Waals surface area contributed by atoms with Crippen LogP contribution in [0.15, 0.2) is 0 Å². The van der Waals surface area contributed by atoms with Crippen LogP contribution in [-0.4, -0.2) is 29.1 Å². The van der Waals surface area contributed by atoms with Gasteiger partial charge in [0, 0.05) is 0 Å². The summed E-state index contributed by atoms with van der Waals surface area (Å²) >= 11 is 0. The maximum Gasteiger partial charge on any atom is 0.326 e. The van der Waals surface area contributed by atoms with E-state index in [1.54, 1.807) is 20.8 Å². The normalized spacial score (nSPS) is 14.9. The van der Waals surface area contributed by atoms with Gasteiger partial charge in [0.1, 0.15) is 6.04 Å². The van der Waals surface area contributed by atoms with Crippen LogP contribution in [0.25, 0.3) is 0 Å². The zero-order chi connectivity index (χ0) is 11.3. The molecule has 82 valence electrons. The zero-order valence-corrected chi connectivity index (χ0v) is 8.78. The second-order valence-corrected chi connectivity index (χ2v) is 3.58. The van der Waals surface area contributed by atoms with Crippen molar-refractivity contribution in [1.29, 1.82) is 0 Å². The molecule has 0 saturated heterocycles. The number of rotatable bonds is 5. The van der Waals surface area contributed by atoms with Gasteiger partial charge in [0.05, 0.1) is 6.04 Å². The van der Waals surface area contributed by atoms with Gasteiger partial charge in [-0.3, -0.25) is 4.79 Å². The van der Waals surface area contributed by atoms with Crippen molar-refractivity contribution in [2.75, 3.05) is 0 Å². The number of carboxylic acid groups (broad SMARTS) is 1. The molecular weight excluding hydrogens is 184 g/mol. The van der Waals surface area contributed by atoms with Crippen molar-refractivity contribution < 1.29 is 14.7 Å². The molecular formula is C9H18N2O3. The number of amides is 1. The molecule has 0 aromatic carbocycles. The minimum Gasteiger partial charge on any atom is -0.480 e. The predicted octanol–water partition coefficient (Wildman–Crippen LogP) is -0.0509. The molecule has 1 unspecified atom stereocenters. The fraction of sp³-hybridized carbons (Fsp3) is 0.778. The minimum atomic E-state index is -1.03. The molecule has 0 fully saturated rings. The Hall–Kier alpha value is -1.10. The van der Waals surface area contributed by atoms with Crippen molar-refractivity contribution in [2.45, 2.75) is 39.3 Å². The van der Waals surface area contributed by atoms with Gasteiger partial charge in [0.2, 0.25) is 5.91 Å². The Kier molecular flexibility index (Phi) is 5.15. The number of carbonyl (C=O) groups is 2. The molecule has 5 nitrogen and oxygen atoms in total. The topological polar surface area (TPSA) is 92.4 Å². The lowest BCUT2D eigenvalue weighted by Gasteiger charge is -2.19.